The molecule has 1 aliphatic rings. The summed E-state index contributed by atoms with van der Waals surface area (Å²) in [7, 11) is -2.00. The second-order valence-corrected chi connectivity index (χ2v) is 8.97. The largest absolute Gasteiger partial charge is 0.496 e. The summed E-state index contributed by atoms with van der Waals surface area (Å²) in [6.07, 6.45) is 0. The van der Waals surface area contributed by atoms with Gasteiger partial charge in [0.05, 0.1) is 23.9 Å². The average Bonchev–Trinajstić information content (AvgIpc) is 2.94. The maximum atomic E-state index is 13.2. The summed E-state index contributed by atoms with van der Waals surface area (Å²) in [5.74, 6) is 0.698. The van der Waals surface area contributed by atoms with Gasteiger partial charge in [-0.05, 0) is 19.9 Å². The van der Waals surface area contributed by atoms with E-state index in [2.05, 4.69) is 10.3 Å². The van der Waals surface area contributed by atoms with Crippen LogP contribution in [-0.2, 0) is 10.0 Å². The van der Waals surface area contributed by atoms with E-state index in [1.165, 1.54) is 11.3 Å². The molecular weight excluding hydrogens is 382 g/mol. The first-order chi connectivity index (χ1) is 11.4. The molecule has 0 radical (unpaired) electrons. The number of hydrogen-bond acceptors (Lipinski definition) is 6. The lowest BCUT2D eigenvalue weighted by atomic mass is 10.0. The number of thiazole rings is 1. The highest BCUT2D eigenvalue weighted by atomic mass is 35.5. The molecule has 0 bridgehead atoms. The fourth-order valence-corrected chi connectivity index (χ4v) is 6.24. The van der Waals surface area contributed by atoms with Gasteiger partial charge < -0.3 is 10.1 Å². The molecule has 1 unspecified atom stereocenters. The predicted molar refractivity (Wildman–Crippen MR) is 101 cm³/mol. The van der Waals surface area contributed by atoms with Crippen molar-refractivity contribution in [3.63, 3.8) is 0 Å². The smallest absolute Gasteiger partial charge is 0.255 e. The number of benzene rings is 1. The summed E-state index contributed by atoms with van der Waals surface area (Å²) in [6, 6.07) is 7.26. The van der Waals surface area contributed by atoms with Gasteiger partial charge >= 0.3 is 0 Å². The van der Waals surface area contributed by atoms with Crippen LogP contribution < -0.4 is 10.1 Å². The fourth-order valence-electron chi connectivity index (χ4n) is 3.04. The summed E-state index contributed by atoms with van der Waals surface area (Å²) in [5.41, 5.74) is 1.43. The van der Waals surface area contributed by atoms with E-state index in [-0.39, 0.29) is 18.4 Å². The van der Waals surface area contributed by atoms with Crippen LogP contribution in [0, 0.1) is 13.8 Å². The van der Waals surface area contributed by atoms with Crippen molar-refractivity contribution in [2.75, 3.05) is 26.7 Å². The molecule has 3 rings (SSSR count). The lowest BCUT2D eigenvalue weighted by Crippen LogP contribution is -2.48. The van der Waals surface area contributed by atoms with Gasteiger partial charge in [0.2, 0.25) is 0 Å². The summed E-state index contributed by atoms with van der Waals surface area (Å²) < 4.78 is 33.8. The Bertz CT molecular complexity index is 839. The van der Waals surface area contributed by atoms with Gasteiger partial charge in [-0.25, -0.2) is 13.4 Å². The Hall–Kier alpha value is -1.19. The van der Waals surface area contributed by atoms with Crippen LogP contribution in [0.15, 0.2) is 28.5 Å². The number of nitrogens with zero attached hydrogens (tertiary/aromatic N) is 2. The van der Waals surface area contributed by atoms with Gasteiger partial charge in [-0.15, -0.1) is 23.7 Å². The third-order valence-corrected chi connectivity index (χ3v) is 7.66. The number of methoxy groups -OCH3 is 1. The molecule has 1 N–H and O–H groups in total. The Kier molecular flexibility index (Phi) is 6.45. The Balaban J connectivity index is 0.00000225. The summed E-state index contributed by atoms with van der Waals surface area (Å²) in [6.45, 7) is 5.17. The van der Waals surface area contributed by atoms with E-state index in [1.54, 1.807) is 18.3 Å². The molecule has 2 aromatic rings. The van der Waals surface area contributed by atoms with E-state index in [1.807, 2.05) is 31.2 Å². The Morgan fingerprint density at radius 1 is 1.32 bits per heavy atom. The van der Waals surface area contributed by atoms with Crippen LogP contribution in [0.3, 0.4) is 0 Å². The zero-order chi connectivity index (χ0) is 17.3. The van der Waals surface area contributed by atoms with Gasteiger partial charge in [0.15, 0.2) is 4.21 Å². The zero-order valence-corrected chi connectivity index (χ0v) is 16.8. The van der Waals surface area contributed by atoms with Crippen LogP contribution in [0.5, 0.6) is 5.75 Å². The lowest BCUT2D eigenvalue weighted by Gasteiger charge is -2.35. The van der Waals surface area contributed by atoms with E-state index in [9.17, 15) is 8.42 Å². The number of rotatable bonds is 4. The number of ether oxygens (including phenoxy) is 1. The maximum Gasteiger partial charge on any atom is 0.255 e. The van der Waals surface area contributed by atoms with Crippen LogP contribution in [0.4, 0.5) is 0 Å². The molecule has 2 heterocycles. The molecule has 1 atom stereocenters. The Morgan fingerprint density at radius 2 is 2.04 bits per heavy atom. The third-order valence-electron chi connectivity index (χ3n) is 4.10. The van der Waals surface area contributed by atoms with Crippen LogP contribution in [-0.4, -0.2) is 44.5 Å². The number of piperazine rings is 1. The molecule has 1 saturated heterocycles. The van der Waals surface area contributed by atoms with E-state index in [4.69, 9.17) is 4.74 Å². The van der Waals surface area contributed by atoms with Gasteiger partial charge in [0, 0.05) is 25.2 Å². The van der Waals surface area contributed by atoms with Crippen molar-refractivity contribution in [1.29, 1.82) is 0 Å². The maximum absolute atomic E-state index is 13.2. The number of nitrogens with one attached hydrogen (secondary N) is 1. The second-order valence-electron chi connectivity index (χ2n) is 5.68. The van der Waals surface area contributed by atoms with Crippen LogP contribution in [0.25, 0.3) is 0 Å². The summed E-state index contributed by atoms with van der Waals surface area (Å²) >= 11 is 1.23. The molecule has 0 aliphatic carbocycles. The van der Waals surface area contributed by atoms with Crippen LogP contribution in [0.2, 0.25) is 0 Å². The Labute approximate surface area is 158 Å². The number of aryl methyl sites for hydroxylation is 2. The van der Waals surface area contributed by atoms with Crippen molar-refractivity contribution in [2.24, 2.45) is 0 Å². The molecule has 1 fully saturated rings. The summed E-state index contributed by atoms with van der Waals surface area (Å²) in [4.78, 5) is 4.28. The number of para-hydroxylation sites is 1. The van der Waals surface area contributed by atoms with Crippen molar-refractivity contribution in [1.82, 2.24) is 14.6 Å². The first-order valence-corrected chi connectivity index (χ1v) is 10.0. The molecular formula is C16H22ClN3O3S2. The van der Waals surface area contributed by atoms with Gasteiger partial charge in [-0.1, -0.05) is 18.2 Å². The SMILES string of the molecule is COc1ccccc1C1CNCCN1S(=O)(=O)c1sc(C)nc1C.Cl. The highest BCUT2D eigenvalue weighted by Crippen LogP contribution is 2.36. The predicted octanol–water partition coefficient (Wildman–Crippen LogP) is 2.53. The van der Waals surface area contributed by atoms with Crippen molar-refractivity contribution >= 4 is 33.8 Å². The first kappa shape index (κ1) is 20.1. The molecule has 9 heteroatoms. The number of halogens is 1. The minimum Gasteiger partial charge on any atom is -0.496 e. The zero-order valence-electron chi connectivity index (χ0n) is 14.4. The first-order valence-electron chi connectivity index (χ1n) is 7.74. The topological polar surface area (TPSA) is 71.5 Å². The molecule has 1 aromatic carbocycles. The van der Waals surface area contributed by atoms with Crippen LogP contribution in [0.1, 0.15) is 22.3 Å². The minimum absolute atomic E-state index is 0. The molecule has 1 aromatic heterocycles. The second kappa shape index (κ2) is 8.01. The average molecular weight is 404 g/mol. The minimum atomic E-state index is -3.60. The molecule has 25 heavy (non-hydrogen) atoms. The molecule has 0 saturated carbocycles. The van der Waals surface area contributed by atoms with E-state index in [0.717, 1.165) is 10.6 Å². The molecule has 6 nitrogen and oxygen atoms in total. The van der Waals surface area contributed by atoms with E-state index in [0.29, 0.717) is 35.3 Å². The molecule has 0 spiro atoms. The monoisotopic (exact) mass is 403 g/mol. The fraction of sp³-hybridized carbons (Fsp3) is 0.438. The van der Waals surface area contributed by atoms with Crippen molar-refractivity contribution in [3.8, 4) is 5.75 Å². The summed E-state index contributed by atoms with van der Waals surface area (Å²) in [5, 5.41) is 4.04. The standard InChI is InChI=1S/C16H21N3O3S2.ClH/c1-11-16(23-12(2)18-11)24(20,21)19-9-8-17-10-14(19)13-6-4-5-7-15(13)22-3;/h4-7,14,17H,8-10H2,1-3H3;1H. The quantitative estimate of drug-likeness (QED) is 0.849. The van der Waals surface area contributed by atoms with Gasteiger partial charge in [0.1, 0.15) is 5.75 Å². The van der Waals surface area contributed by atoms with Gasteiger partial charge in [-0.3, -0.25) is 0 Å². The van der Waals surface area contributed by atoms with Crippen molar-refractivity contribution in [3.05, 3.63) is 40.5 Å². The Morgan fingerprint density at radius 3 is 2.68 bits per heavy atom. The number of hydrogen-bond donors (Lipinski definition) is 1. The van der Waals surface area contributed by atoms with Crippen LogP contribution >= 0.6 is 23.7 Å². The van der Waals surface area contributed by atoms with E-state index < -0.39 is 10.0 Å². The number of aromatic nitrogens is 1. The van der Waals surface area contributed by atoms with Gasteiger partial charge in [0.25, 0.3) is 10.0 Å². The highest BCUT2D eigenvalue weighted by molar-refractivity contribution is 7.91. The van der Waals surface area contributed by atoms with E-state index >= 15 is 0 Å². The third kappa shape index (κ3) is 3.83. The molecule has 0 amide bonds. The van der Waals surface area contributed by atoms with Crippen molar-refractivity contribution in [2.45, 2.75) is 24.1 Å². The number of sulfonamides is 1. The highest BCUT2D eigenvalue weighted by Gasteiger charge is 2.37. The normalized spacial score (nSPS) is 18.6. The van der Waals surface area contributed by atoms with Crippen molar-refractivity contribution < 1.29 is 13.2 Å². The van der Waals surface area contributed by atoms with Gasteiger partial charge in [-0.2, -0.15) is 4.31 Å². The lowest BCUT2D eigenvalue weighted by molar-refractivity contribution is 0.265. The molecule has 138 valence electrons. The molecule has 1 aliphatic heterocycles.